The smallest absolute Gasteiger partial charge is 0.330 e. The molecule has 1 aromatic heterocycles. The van der Waals surface area contributed by atoms with E-state index in [9.17, 15) is 19.5 Å². The lowest BCUT2D eigenvalue weighted by atomic mass is 10.00. The molecule has 0 spiro atoms. The number of rotatable bonds is 5. The number of urea groups is 1. The summed E-state index contributed by atoms with van der Waals surface area (Å²) in [6.45, 7) is 3.33. The van der Waals surface area contributed by atoms with Crippen LogP contribution in [0.5, 0.6) is 5.75 Å². The Labute approximate surface area is 179 Å². The highest BCUT2D eigenvalue weighted by atomic mass is 16.3. The number of carbonyl (C=O) groups is 3. The topological polar surface area (TPSA) is 134 Å². The molecule has 10 heteroatoms. The number of amides is 4. The van der Waals surface area contributed by atoms with E-state index in [1.807, 2.05) is 11.8 Å². The van der Waals surface area contributed by atoms with Crippen LogP contribution in [0.3, 0.4) is 0 Å². The number of hydrogen-bond donors (Lipinski definition) is 3. The predicted molar refractivity (Wildman–Crippen MR) is 111 cm³/mol. The summed E-state index contributed by atoms with van der Waals surface area (Å²) < 4.78 is 1.64. The summed E-state index contributed by atoms with van der Waals surface area (Å²) in [6, 6.07) is 4.92. The summed E-state index contributed by atoms with van der Waals surface area (Å²) in [7, 11) is 0. The lowest BCUT2D eigenvalue weighted by molar-refractivity contribution is -0.134. The Morgan fingerprint density at radius 1 is 1.26 bits per heavy atom. The molecule has 164 valence electrons. The van der Waals surface area contributed by atoms with Crippen LogP contribution in [0.2, 0.25) is 0 Å². The van der Waals surface area contributed by atoms with Crippen molar-refractivity contribution in [1.82, 2.24) is 24.7 Å². The zero-order valence-electron chi connectivity index (χ0n) is 17.3. The van der Waals surface area contributed by atoms with E-state index in [0.29, 0.717) is 38.3 Å². The van der Waals surface area contributed by atoms with E-state index in [-0.39, 0.29) is 30.2 Å². The first-order chi connectivity index (χ1) is 14.8. The molecule has 0 radical (unpaired) electrons. The predicted octanol–water partition coefficient (Wildman–Crippen LogP) is 0.951. The summed E-state index contributed by atoms with van der Waals surface area (Å²) in [5, 5.41) is 12.0. The van der Waals surface area contributed by atoms with Crippen LogP contribution in [0.15, 0.2) is 30.5 Å². The second kappa shape index (κ2) is 8.29. The second-order valence-electron chi connectivity index (χ2n) is 8.03. The number of aromatic nitrogens is 2. The summed E-state index contributed by atoms with van der Waals surface area (Å²) in [6.07, 6.45) is 3.33. The highest BCUT2D eigenvalue weighted by Crippen LogP contribution is 2.26. The van der Waals surface area contributed by atoms with Gasteiger partial charge in [0, 0.05) is 25.6 Å². The number of phenols is 1. The standard InChI is InChI=1S/C21H26N6O4/c1-13-23-11-16-12-26(21(31)27(13)16)15-6-8-25(9-7-15)19(29)18(24-20(22)30)10-14-2-4-17(28)5-3-14/h2-5,11,15,18,28H,6-10,12H2,1H3,(H3,22,24,30)/t18-/m1/s1. The first kappa shape index (κ1) is 20.7. The van der Waals surface area contributed by atoms with Crippen LogP contribution in [0.1, 0.15) is 29.9 Å². The van der Waals surface area contributed by atoms with Gasteiger partial charge >= 0.3 is 12.1 Å². The van der Waals surface area contributed by atoms with Gasteiger partial charge in [-0.2, -0.15) is 0 Å². The van der Waals surface area contributed by atoms with Gasteiger partial charge in [-0.15, -0.1) is 0 Å². The van der Waals surface area contributed by atoms with Crippen molar-refractivity contribution in [1.29, 1.82) is 0 Å². The fourth-order valence-electron chi connectivity index (χ4n) is 4.38. The third-order valence-corrected chi connectivity index (χ3v) is 5.99. The average molecular weight is 426 g/mol. The van der Waals surface area contributed by atoms with Crippen molar-refractivity contribution in [3.63, 3.8) is 0 Å². The van der Waals surface area contributed by atoms with E-state index in [2.05, 4.69) is 10.3 Å². The fraction of sp³-hybridized carbons (Fsp3) is 0.429. The maximum absolute atomic E-state index is 13.1. The van der Waals surface area contributed by atoms with Crippen LogP contribution in [0.25, 0.3) is 0 Å². The van der Waals surface area contributed by atoms with Gasteiger partial charge in [-0.25, -0.2) is 14.6 Å². The fourth-order valence-corrected chi connectivity index (χ4v) is 4.38. The van der Waals surface area contributed by atoms with Gasteiger partial charge in [0.1, 0.15) is 17.6 Å². The second-order valence-corrected chi connectivity index (χ2v) is 8.03. The van der Waals surface area contributed by atoms with Gasteiger partial charge in [-0.05, 0) is 37.5 Å². The minimum atomic E-state index is -0.790. The number of likely N-dealkylation sites (tertiary alicyclic amines) is 1. The average Bonchev–Trinajstić information content (AvgIpc) is 3.28. The van der Waals surface area contributed by atoms with Crippen molar-refractivity contribution in [3.8, 4) is 5.75 Å². The van der Waals surface area contributed by atoms with Crippen molar-refractivity contribution in [2.45, 2.75) is 44.8 Å². The molecule has 1 aromatic carbocycles. The maximum Gasteiger partial charge on any atom is 0.330 e. The quantitative estimate of drug-likeness (QED) is 0.655. The molecule has 2 aliphatic heterocycles. The summed E-state index contributed by atoms with van der Waals surface area (Å²) >= 11 is 0. The van der Waals surface area contributed by atoms with Crippen molar-refractivity contribution < 1.29 is 19.5 Å². The molecule has 3 heterocycles. The number of fused-ring (bicyclic) bond motifs is 1. The molecule has 2 aliphatic rings. The van der Waals surface area contributed by atoms with Gasteiger partial charge in [0.2, 0.25) is 5.91 Å². The molecule has 0 unspecified atom stereocenters. The van der Waals surface area contributed by atoms with E-state index in [4.69, 9.17) is 5.73 Å². The summed E-state index contributed by atoms with van der Waals surface area (Å²) in [4.78, 5) is 45.0. The van der Waals surface area contributed by atoms with Crippen LogP contribution < -0.4 is 11.1 Å². The SMILES string of the molecule is Cc1ncc2n1C(=O)N(C1CCN(C(=O)[C@@H](Cc3ccc(O)cc3)NC(N)=O)CC1)C2. The molecule has 2 aromatic rings. The number of aromatic hydroxyl groups is 1. The van der Waals surface area contributed by atoms with Crippen LogP contribution >= 0.6 is 0 Å². The molecular weight excluding hydrogens is 400 g/mol. The lowest BCUT2D eigenvalue weighted by Gasteiger charge is -2.37. The molecule has 1 atom stereocenters. The number of benzene rings is 1. The van der Waals surface area contributed by atoms with Crippen LogP contribution in [0.4, 0.5) is 9.59 Å². The molecule has 0 aliphatic carbocycles. The molecule has 4 N–H and O–H groups in total. The normalized spacial score (nSPS) is 17.5. The summed E-state index contributed by atoms with van der Waals surface area (Å²) in [5.74, 6) is 0.611. The molecular formula is C21H26N6O4. The summed E-state index contributed by atoms with van der Waals surface area (Å²) in [5.41, 5.74) is 6.98. The molecule has 1 fully saturated rings. The van der Waals surface area contributed by atoms with Crippen molar-refractivity contribution >= 4 is 18.0 Å². The number of aryl methyl sites for hydroxylation is 1. The Hall–Kier alpha value is -3.56. The van der Waals surface area contributed by atoms with Crippen molar-refractivity contribution in [2.75, 3.05) is 13.1 Å². The monoisotopic (exact) mass is 426 g/mol. The highest BCUT2D eigenvalue weighted by Gasteiger charge is 2.37. The van der Waals surface area contributed by atoms with E-state index < -0.39 is 12.1 Å². The number of imidazole rings is 1. The Kier molecular flexibility index (Phi) is 5.53. The van der Waals surface area contributed by atoms with Crippen molar-refractivity contribution in [3.05, 3.63) is 47.5 Å². The van der Waals surface area contributed by atoms with Gasteiger partial charge in [-0.1, -0.05) is 12.1 Å². The third kappa shape index (κ3) is 4.18. The van der Waals surface area contributed by atoms with E-state index >= 15 is 0 Å². The lowest BCUT2D eigenvalue weighted by Crippen LogP contribution is -2.54. The van der Waals surface area contributed by atoms with Gasteiger partial charge in [0.25, 0.3) is 0 Å². The van der Waals surface area contributed by atoms with Crippen LogP contribution in [-0.4, -0.2) is 67.6 Å². The first-order valence-corrected chi connectivity index (χ1v) is 10.3. The van der Waals surface area contributed by atoms with Gasteiger partial charge in [0.15, 0.2) is 0 Å². The first-order valence-electron chi connectivity index (χ1n) is 10.3. The zero-order valence-corrected chi connectivity index (χ0v) is 17.3. The molecule has 31 heavy (non-hydrogen) atoms. The number of nitrogens with two attached hydrogens (primary N) is 1. The van der Waals surface area contributed by atoms with E-state index in [0.717, 1.165) is 11.3 Å². The highest BCUT2D eigenvalue weighted by molar-refractivity contribution is 5.87. The third-order valence-electron chi connectivity index (χ3n) is 5.99. The Morgan fingerprint density at radius 3 is 2.55 bits per heavy atom. The Balaban J connectivity index is 1.38. The molecule has 4 amide bonds. The Bertz CT molecular complexity index is 994. The van der Waals surface area contributed by atoms with Gasteiger partial charge in [0.05, 0.1) is 18.4 Å². The largest absolute Gasteiger partial charge is 0.508 e. The minimum absolute atomic E-state index is 0.0514. The molecule has 1 saturated heterocycles. The number of primary amides is 1. The van der Waals surface area contributed by atoms with E-state index in [1.54, 1.807) is 27.8 Å². The number of hydrogen-bond acceptors (Lipinski definition) is 5. The number of phenolic OH excluding ortho intramolecular Hbond substituents is 1. The van der Waals surface area contributed by atoms with E-state index in [1.165, 1.54) is 12.1 Å². The van der Waals surface area contributed by atoms with Gasteiger partial charge < -0.3 is 26.0 Å². The molecule has 4 rings (SSSR count). The molecule has 0 saturated carbocycles. The number of nitrogens with one attached hydrogen (secondary N) is 1. The Morgan fingerprint density at radius 2 is 1.94 bits per heavy atom. The van der Waals surface area contributed by atoms with Gasteiger partial charge in [-0.3, -0.25) is 9.36 Å². The minimum Gasteiger partial charge on any atom is -0.508 e. The maximum atomic E-state index is 13.1. The molecule has 0 bridgehead atoms. The number of piperidine rings is 1. The number of carbonyl (C=O) groups excluding carboxylic acids is 3. The van der Waals surface area contributed by atoms with Crippen molar-refractivity contribution in [2.24, 2.45) is 5.73 Å². The zero-order chi connectivity index (χ0) is 22.1. The van der Waals surface area contributed by atoms with Crippen LogP contribution in [0, 0.1) is 6.92 Å². The molecule has 10 nitrogen and oxygen atoms in total. The van der Waals surface area contributed by atoms with Crippen LogP contribution in [-0.2, 0) is 17.8 Å². The number of nitrogens with zero attached hydrogens (tertiary/aromatic N) is 4.